The van der Waals surface area contributed by atoms with Gasteiger partial charge in [-0.05, 0) is 44.3 Å². The third-order valence-electron chi connectivity index (χ3n) is 4.95. The monoisotopic (exact) mass is 271 g/mol. The van der Waals surface area contributed by atoms with Crippen molar-refractivity contribution in [2.45, 2.75) is 56.9 Å². The minimum atomic E-state index is 0.375. The quantitative estimate of drug-likeness (QED) is 0.674. The third-order valence-corrected chi connectivity index (χ3v) is 4.95. The summed E-state index contributed by atoms with van der Waals surface area (Å²) in [7, 11) is 0. The second-order valence-corrected chi connectivity index (χ2v) is 6.01. The molecule has 1 saturated carbocycles. The van der Waals surface area contributed by atoms with Gasteiger partial charge >= 0.3 is 0 Å². The van der Waals surface area contributed by atoms with Gasteiger partial charge < -0.3 is 0 Å². The molecule has 0 unspecified atom stereocenters. The fourth-order valence-electron chi connectivity index (χ4n) is 3.99. The maximum absolute atomic E-state index is 3.00. The van der Waals surface area contributed by atoms with Crippen molar-refractivity contribution >= 4 is 0 Å². The highest BCUT2D eigenvalue weighted by atomic mass is 15.2. The molecule has 1 aromatic carbocycles. The number of rotatable bonds is 2. The average Bonchev–Trinajstić information content (AvgIpc) is 2.59. The van der Waals surface area contributed by atoms with E-state index in [2.05, 4.69) is 48.4 Å². The Morgan fingerprint density at radius 3 is 1.90 bits per heavy atom. The smallest absolute Gasteiger partial charge is 0.0460 e. The lowest BCUT2D eigenvalue weighted by molar-refractivity contribution is 0.0303. The maximum atomic E-state index is 3.00. The van der Waals surface area contributed by atoms with Crippen molar-refractivity contribution in [1.29, 1.82) is 0 Å². The van der Waals surface area contributed by atoms with Gasteiger partial charge in [0.05, 0.1) is 0 Å². The Hall–Kier alpha value is -1.08. The van der Waals surface area contributed by atoms with Gasteiger partial charge in [-0.25, -0.2) is 0 Å². The third kappa shape index (κ3) is 3.15. The zero-order valence-electron chi connectivity index (χ0n) is 12.8. The van der Waals surface area contributed by atoms with E-state index in [-0.39, 0.29) is 0 Å². The SMILES string of the molecule is C=C.c1ccc(C2(N3CCCCC3)CCCCC2)cc1. The summed E-state index contributed by atoms with van der Waals surface area (Å²) in [5.74, 6) is 0. The lowest BCUT2D eigenvalue weighted by Gasteiger charge is -2.48. The molecule has 3 rings (SSSR count). The first-order chi connectivity index (χ1) is 9.92. The van der Waals surface area contributed by atoms with Gasteiger partial charge in [-0.2, -0.15) is 0 Å². The second kappa shape index (κ2) is 7.64. The standard InChI is InChI=1S/C17H25N.C2H4/c1-4-10-16(11-5-1)17(12-6-2-7-13-17)18-14-8-3-9-15-18;1-2/h1,4-5,10-11H,2-3,6-9,12-15H2;1-2H2. The van der Waals surface area contributed by atoms with Gasteiger partial charge in [0.2, 0.25) is 0 Å². The van der Waals surface area contributed by atoms with Crippen molar-refractivity contribution in [3.63, 3.8) is 0 Å². The Kier molecular flexibility index (Phi) is 5.85. The van der Waals surface area contributed by atoms with Crippen LogP contribution in [0.2, 0.25) is 0 Å². The topological polar surface area (TPSA) is 3.24 Å². The van der Waals surface area contributed by atoms with Gasteiger partial charge in [0.1, 0.15) is 0 Å². The summed E-state index contributed by atoms with van der Waals surface area (Å²) in [6, 6.07) is 11.3. The van der Waals surface area contributed by atoms with Crippen molar-refractivity contribution in [1.82, 2.24) is 4.90 Å². The molecule has 20 heavy (non-hydrogen) atoms. The molecule has 0 bridgehead atoms. The van der Waals surface area contributed by atoms with Gasteiger partial charge in [0.25, 0.3) is 0 Å². The summed E-state index contributed by atoms with van der Waals surface area (Å²) in [5.41, 5.74) is 1.95. The Balaban J connectivity index is 0.000000704. The number of likely N-dealkylation sites (tertiary alicyclic amines) is 1. The number of benzene rings is 1. The Morgan fingerprint density at radius 1 is 0.750 bits per heavy atom. The highest BCUT2D eigenvalue weighted by Crippen LogP contribution is 2.43. The lowest BCUT2D eigenvalue weighted by atomic mass is 9.74. The van der Waals surface area contributed by atoms with E-state index in [1.54, 1.807) is 5.56 Å². The van der Waals surface area contributed by atoms with Crippen LogP contribution in [0.15, 0.2) is 43.5 Å². The summed E-state index contributed by atoms with van der Waals surface area (Å²) < 4.78 is 0. The molecule has 1 aliphatic carbocycles. The van der Waals surface area contributed by atoms with E-state index in [9.17, 15) is 0 Å². The molecule has 1 heteroatoms. The van der Waals surface area contributed by atoms with E-state index in [4.69, 9.17) is 0 Å². The van der Waals surface area contributed by atoms with E-state index in [0.29, 0.717) is 5.54 Å². The first kappa shape index (κ1) is 15.3. The van der Waals surface area contributed by atoms with Crippen LogP contribution in [0.1, 0.15) is 56.9 Å². The Labute approximate surface area is 124 Å². The molecule has 1 aliphatic heterocycles. The molecule has 1 aromatic rings. The van der Waals surface area contributed by atoms with Crippen LogP contribution in [0.5, 0.6) is 0 Å². The van der Waals surface area contributed by atoms with Crippen LogP contribution in [-0.2, 0) is 5.54 Å². The van der Waals surface area contributed by atoms with Gasteiger partial charge in [-0.1, -0.05) is 56.0 Å². The van der Waals surface area contributed by atoms with Crippen LogP contribution in [0.25, 0.3) is 0 Å². The van der Waals surface area contributed by atoms with Crippen LogP contribution < -0.4 is 0 Å². The molecule has 0 atom stereocenters. The first-order valence-corrected chi connectivity index (χ1v) is 8.22. The van der Waals surface area contributed by atoms with E-state index in [1.165, 1.54) is 64.5 Å². The fraction of sp³-hybridized carbons (Fsp3) is 0.579. The van der Waals surface area contributed by atoms with E-state index in [0.717, 1.165) is 0 Å². The molecule has 2 aliphatic rings. The van der Waals surface area contributed by atoms with Crippen molar-refractivity contribution < 1.29 is 0 Å². The molecule has 2 fully saturated rings. The molecule has 0 N–H and O–H groups in total. The zero-order valence-corrected chi connectivity index (χ0v) is 12.8. The lowest BCUT2D eigenvalue weighted by Crippen LogP contribution is -2.49. The van der Waals surface area contributed by atoms with Crippen molar-refractivity contribution in [3.05, 3.63) is 49.1 Å². The van der Waals surface area contributed by atoms with Gasteiger partial charge in [0, 0.05) is 5.54 Å². The van der Waals surface area contributed by atoms with Crippen LogP contribution >= 0.6 is 0 Å². The van der Waals surface area contributed by atoms with Gasteiger partial charge in [-0.3, -0.25) is 4.90 Å². The molecule has 1 nitrogen and oxygen atoms in total. The van der Waals surface area contributed by atoms with E-state index < -0.39 is 0 Å². The van der Waals surface area contributed by atoms with Crippen molar-refractivity contribution in [2.24, 2.45) is 0 Å². The van der Waals surface area contributed by atoms with Crippen LogP contribution in [0, 0.1) is 0 Å². The molecule has 1 saturated heterocycles. The maximum Gasteiger partial charge on any atom is 0.0460 e. The average molecular weight is 271 g/mol. The minimum absolute atomic E-state index is 0.375. The minimum Gasteiger partial charge on any atom is -0.294 e. The largest absolute Gasteiger partial charge is 0.294 e. The molecule has 110 valence electrons. The Bertz CT molecular complexity index is 372. The molecule has 0 spiro atoms. The van der Waals surface area contributed by atoms with Gasteiger partial charge in [-0.15, -0.1) is 13.2 Å². The molecule has 1 heterocycles. The molecule has 0 aromatic heterocycles. The molecule has 0 radical (unpaired) electrons. The summed E-state index contributed by atoms with van der Waals surface area (Å²) in [6.45, 7) is 8.63. The molecule has 0 amide bonds. The summed E-state index contributed by atoms with van der Waals surface area (Å²) in [5, 5.41) is 0. The van der Waals surface area contributed by atoms with E-state index >= 15 is 0 Å². The predicted molar refractivity (Wildman–Crippen MR) is 87.9 cm³/mol. The Morgan fingerprint density at radius 2 is 1.30 bits per heavy atom. The predicted octanol–water partition coefficient (Wildman–Crippen LogP) is 5.13. The van der Waals surface area contributed by atoms with E-state index in [1.807, 2.05) is 0 Å². The number of hydrogen-bond donors (Lipinski definition) is 0. The number of hydrogen-bond acceptors (Lipinski definition) is 1. The number of nitrogens with zero attached hydrogens (tertiary/aromatic N) is 1. The fourth-order valence-corrected chi connectivity index (χ4v) is 3.99. The summed E-state index contributed by atoms with van der Waals surface area (Å²) in [4.78, 5) is 2.81. The van der Waals surface area contributed by atoms with Crippen LogP contribution in [-0.4, -0.2) is 18.0 Å². The van der Waals surface area contributed by atoms with Crippen molar-refractivity contribution in [3.8, 4) is 0 Å². The summed E-state index contributed by atoms with van der Waals surface area (Å²) >= 11 is 0. The second-order valence-electron chi connectivity index (χ2n) is 6.01. The molecular formula is C19H29N. The molecular weight excluding hydrogens is 242 g/mol. The van der Waals surface area contributed by atoms with Crippen molar-refractivity contribution in [2.75, 3.05) is 13.1 Å². The normalized spacial score (nSPS) is 22.6. The highest BCUT2D eigenvalue weighted by Gasteiger charge is 2.39. The summed E-state index contributed by atoms with van der Waals surface area (Å²) in [6.07, 6.45) is 11.2. The van der Waals surface area contributed by atoms with Crippen LogP contribution in [0.4, 0.5) is 0 Å². The number of piperidine rings is 1. The highest BCUT2D eigenvalue weighted by molar-refractivity contribution is 5.25. The first-order valence-electron chi connectivity index (χ1n) is 8.22. The zero-order chi connectivity index (χ0) is 14.3. The van der Waals surface area contributed by atoms with Crippen LogP contribution in [0.3, 0.4) is 0 Å². The van der Waals surface area contributed by atoms with Gasteiger partial charge in [0.15, 0.2) is 0 Å².